The first-order chi connectivity index (χ1) is 9.11. The molecule has 3 rings (SSSR count). The Kier molecular flexibility index (Phi) is 3.29. The second-order valence-electron chi connectivity index (χ2n) is 5.79. The summed E-state index contributed by atoms with van der Waals surface area (Å²) in [5, 5.41) is 3.24. The molecule has 2 aliphatic carbocycles. The molecule has 1 nitrogen and oxygen atoms in total. The Morgan fingerprint density at radius 2 is 1.79 bits per heavy atom. The molecule has 19 heavy (non-hydrogen) atoms. The fourth-order valence-electron chi connectivity index (χ4n) is 3.57. The van der Waals surface area contributed by atoms with Crippen molar-refractivity contribution in [1.82, 2.24) is 5.32 Å². The molecular formula is C15H18F3N. The second kappa shape index (κ2) is 4.82. The van der Waals surface area contributed by atoms with Crippen molar-refractivity contribution in [3.05, 3.63) is 35.1 Å². The summed E-state index contributed by atoms with van der Waals surface area (Å²) in [4.78, 5) is 0. The molecule has 104 valence electrons. The maximum absolute atomic E-state index is 13.9. The normalized spacial score (nSPS) is 30.2. The van der Waals surface area contributed by atoms with Crippen molar-refractivity contribution in [2.24, 2.45) is 17.8 Å². The van der Waals surface area contributed by atoms with E-state index in [1.165, 1.54) is 12.5 Å². The Balaban J connectivity index is 1.89. The minimum atomic E-state index is -1.36. The van der Waals surface area contributed by atoms with Gasteiger partial charge in [0, 0.05) is 11.6 Å². The summed E-state index contributed by atoms with van der Waals surface area (Å²) in [6, 6.07) is 2.20. The largest absolute Gasteiger partial charge is 0.310 e. The number of rotatable bonds is 4. The van der Waals surface area contributed by atoms with Crippen LogP contribution in [0.2, 0.25) is 0 Å². The Morgan fingerprint density at radius 1 is 1.11 bits per heavy atom. The quantitative estimate of drug-likeness (QED) is 0.820. The third-order valence-corrected chi connectivity index (χ3v) is 4.58. The van der Waals surface area contributed by atoms with Crippen LogP contribution >= 0.6 is 0 Å². The van der Waals surface area contributed by atoms with Gasteiger partial charge in [-0.05, 0) is 49.6 Å². The zero-order chi connectivity index (χ0) is 13.6. The second-order valence-corrected chi connectivity index (χ2v) is 5.79. The molecule has 2 fully saturated rings. The molecule has 1 aromatic carbocycles. The molecule has 0 aliphatic heterocycles. The molecule has 0 saturated heterocycles. The molecule has 0 heterocycles. The monoisotopic (exact) mass is 269 g/mol. The Hall–Kier alpha value is -1.03. The molecule has 2 saturated carbocycles. The van der Waals surface area contributed by atoms with Crippen molar-refractivity contribution in [3.8, 4) is 0 Å². The minimum absolute atomic E-state index is 0.201. The lowest BCUT2D eigenvalue weighted by Gasteiger charge is -2.26. The number of nitrogens with one attached hydrogen (secondary N) is 1. The number of hydrogen-bond donors (Lipinski definition) is 1. The summed E-state index contributed by atoms with van der Waals surface area (Å²) in [6.07, 6.45) is 3.43. The summed E-state index contributed by atoms with van der Waals surface area (Å²) in [5.74, 6) is -1.62. The topological polar surface area (TPSA) is 12.0 Å². The van der Waals surface area contributed by atoms with Crippen molar-refractivity contribution >= 4 is 0 Å². The molecule has 0 radical (unpaired) electrons. The van der Waals surface area contributed by atoms with Crippen LogP contribution in [-0.4, -0.2) is 6.54 Å². The van der Waals surface area contributed by atoms with Crippen LogP contribution in [0.1, 0.15) is 37.8 Å². The standard InChI is InChI=1S/C15H18F3N/c1-2-19-15(10-6-8-5-9(8)7-10)11-3-4-12(16)14(18)13(11)17/h3-4,8-10,15,19H,2,5-7H2,1H3. The van der Waals surface area contributed by atoms with E-state index in [2.05, 4.69) is 5.32 Å². The average Bonchev–Trinajstić information content (AvgIpc) is 3.01. The molecular weight excluding hydrogens is 251 g/mol. The van der Waals surface area contributed by atoms with Gasteiger partial charge in [0.25, 0.3) is 0 Å². The number of benzene rings is 1. The molecule has 1 aromatic rings. The van der Waals surface area contributed by atoms with Crippen LogP contribution in [0.25, 0.3) is 0 Å². The number of fused-ring (bicyclic) bond motifs is 1. The van der Waals surface area contributed by atoms with Crippen LogP contribution in [-0.2, 0) is 0 Å². The van der Waals surface area contributed by atoms with Gasteiger partial charge in [0.2, 0.25) is 0 Å². The maximum atomic E-state index is 13.9. The summed E-state index contributed by atoms with van der Waals surface area (Å²) >= 11 is 0. The SMILES string of the molecule is CCNC(c1ccc(F)c(F)c1F)C1CC2CC2C1. The molecule has 1 N–H and O–H groups in total. The van der Waals surface area contributed by atoms with Gasteiger partial charge in [-0.25, -0.2) is 13.2 Å². The van der Waals surface area contributed by atoms with Gasteiger partial charge in [0.1, 0.15) is 0 Å². The summed E-state index contributed by atoms with van der Waals surface area (Å²) < 4.78 is 40.3. The Bertz CT molecular complexity index is 479. The summed E-state index contributed by atoms with van der Waals surface area (Å²) in [5.41, 5.74) is 0.270. The van der Waals surface area contributed by atoms with Crippen molar-refractivity contribution in [2.45, 2.75) is 32.2 Å². The fourth-order valence-corrected chi connectivity index (χ4v) is 3.57. The van der Waals surface area contributed by atoms with E-state index in [1.807, 2.05) is 6.92 Å². The van der Waals surface area contributed by atoms with E-state index in [0.717, 1.165) is 30.7 Å². The average molecular weight is 269 g/mol. The lowest BCUT2D eigenvalue weighted by molar-refractivity contribution is 0.330. The maximum Gasteiger partial charge on any atom is 0.194 e. The molecule has 3 atom stereocenters. The first kappa shape index (κ1) is 13.0. The van der Waals surface area contributed by atoms with E-state index < -0.39 is 17.5 Å². The van der Waals surface area contributed by atoms with Gasteiger partial charge < -0.3 is 5.32 Å². The molecule has 2 aliphatic rings. The van der Waals surface area contributed by atoms with Crippen LogP contribution < -0.4 is 5.32 Å². The Labute approximate surface area is 111 Å². The molecule has 0 bridgehead atoms. The highest BCUT2D eigenvalue weighted by molar-refractivity contribution is 5.25. The third kappa shape index (κ3) is 2.27. The van der Waals surface area contributed by atoms with E-state index in [1.54, 1.807) is 0 Å². The van der Waals surface area contributed by atoms with Gasteiger partial charge in [0.15, 0.2) is 17.5 Å². The summed E-state index contributed by atoms with van der Waals surface area (Å²) in [7, 11) is 0. The lowest BCUT2D eigenvalue weighted by Crippen LogP contribution is -2.29. The van der Waals surface area contributed by atoms with Crippen LogP contribution in [0.3, 0.4) is 0 Å². The predicted octanol–water partition coefficient (Wildman–Crippen LogP) is 3.80. The van der Waals surface area contributed by atoms with Crippen molar-refractivity contribution in [2.75, 3.05) is 6.54 Å². The predicted molar refractivity (Wildman–Crippen MR) is 67.1 cm³/mol. The van der Waals surface area contributed by atoms with Crippen molar-refractivity contribution in [3.63, 3.8) is 0 Å². The van der Waals surface area contributed by atoms with Crippen molar-refractivity contribution in [1.29, 1.82) is 0 Å². The number of halogens is 3. The van der Waals surface area contributed by atoms with Gasteiger partial charge in [-0.2, -0.15) is 0 Å². The molecule has 4 heteroatoms. The highest BCUT2D eigenvalue weighted by atomic mass is 19.2. The smallest absolute Gasteiger partial charge is 0.194 e. The van der Waals surface area contributed by atoms with E-state index in [-0.39, 0.29) is 11.6 Å². The Morgan fingerprint density at radius 3 is 2.42 bits per heavy atom. The summed E-state index contributed by atoms with van der Waals surface area (Å²) in [6.45, 7) is 2.63. The van der Waals surface area contributed by atoms with Crippen LogP contribution in [0.5, 0.6) is 0 Å². The van der Waals surface area contributed by atoms with E-state index >= 15 is 0 Å². The van der Waals surface area contributed by atoms with Gasteiger partial charge in [-0.1, -0.05) is 13.0 Å². The van der Waals surface area contributed by atoms with Crippen LogP contribution in [0, 0.1) is 35.2 Å². The highest BCUT2D eigenvalue weighted by Gasteiger charge is 2.48. The first-order valence-electron chi connectivity index (χ1n) is 6.98. The van der Waals surface area contributed by atoms with Gasteiger partial charge >= 0.3 is 0 Å². The van der Waals surface area contributed by atoms with Gasteiger partial charge in [0.05, 0.1) is 0 Å². The highest BCUT2D eigenvalue weighted by Crippen LogP contribution is 2.57. The number of hydrogen-bond acceptors (Lipinski definition) is 1. The van der Waals surface area contributed by atoms with E-state index in [0.29, 0.717) is 12.5 Å². The van der Waals surface area contributed by atoms with Crippen LogP contribution in [0.4, 0.5) is 13.2 Å². The minimum Gasteiger partial charge on any atom is -0.310 e. The molecule has 0 aromatic heterocycles. The molecule has 0 amide bonds. The molecule has 0 spiro atoms. The molecule has 3 unspecified atom stereocenters. The first-order valence-corrected chi connectivity index (χ1v) is 6.98. The van der Waals surface area contributed by atoms with Crippen molar-refractivity contribution < 1.29 is 13.2 Å². The van der Waals surface area contributed by atoms with Crippen LogP contribution in [0.15, 0.2) is 12.1 Å². The van der Waals surface area contributed by atoms with Gasteiger partial charge in [-0.3, -0.25) is 0 Å². The fraction of sp³-hybridized carbons (Fsp3) is 0.600. The van der Waals surface area contributed by atoms with E-state index in [9.17, 15) is 13.2 Å². The van der Waals surface area contributed by atoms with Gasteiger partial charge in [-0.15, -0.1) is 0 Å². The van der Waals surface area contributed by atoms with E-state index in [4.69, 9.17) is 0 Å². The zero-order valence-electron chi connectivity index (χ0n) is 10.9. The zero-order valence-corrected chi connectivity index (χ0v) is 10.9. The third-order valence-electron chi connectivity index (χ3n) is 4.58. The lowest BCUT2D eigenvalue weighted by atomic mass is 9.88.